The molecule has 78 valence electrons. The van der Waals surface area contributed by atoms with Gasteiger partial charge in [-0.05, 0) is 26.7 Å². The lowest BCUT2D eigenvalue weighted by atomic mass is 9.91. The molecule has 0 N–H and O–H groups in total. The summed E-state index contributed by atoms with van der Waals surface area (Å²) in [5.74, 6) is -0.737. The van der Waals surface area contributed by atoms with Crippen LogP contribution >= 0.6 is 0 Å². The molecule has 0 unspecified atom stereocenters. The van der Waals surface area contributed by atoms with Gasteiger partial charge in [-0.1, -0.05) is 13.8 Å². The Labute approximate surface area is 87.3 Å². The molecule has 3 nitrogen and oxygen atoms in total. The van der Waals surface area contributed by atoms with E-state index in [-0.39, 0.29) is 0 Å². The number of carbonyl (C=O) groups is 1. The Kier molecular flexibility index (Phi) is 5.50. The van der Waals surface area contributed by atoms with E-state index in [0.717, 1.165) is 5.71 Å². The van der Waals surface area contributed by atoms with Crippen LogP contribution in [0.15, 0.2) is 4.99 Å². The lowest BCUT2D eigenvalue weighted by Crippen LogP contribution is -2.41. The third kappa shape index (κ3) is 3.16. The highest BCUT2D eigenvalue weighted by Gasteiger charge is 2.32. The van der Waals surface area contributed by atoms with Crippen molar-refractivity contribution in [3.63, 3.8) is 0 Å². The summed E-state index contributed by atoms with van der Waals surface area (Å²) in [4.78, 5) is 15.1. The van der Waals surface area contributed by atoms with Crippen molar-refractivity contribution in [1.82, 2.24) is 0 Å². The zero-order valence-corrected chi connectivity index (χ0v) is 9.46. The molecule has 0 spiro atoms. The predicted molar refractivity (Wildman–Crippen MR) is 59.2 cm³/mol. The molecule has 0 atom stereocenters. The van der Waals surface area contributed by atoms with Crippen LogP contribution in [0.4, 0.5) is 4.79 Å². The second-order valence-corrected chi connectivity index (χ2v) is 3.18. The smallest absolute Gasteiger partial charge is 0.236 e. The minimum absolute atomic E-state index is 0.609. The first-order chi connectivity index (χ1) is 6.52. The molecule has 0 amide bonds. The van der Waals surface area contributed by atoms with Gasteiger partial charge in [0.2, 0.25) is 13.7 Å². The van der Waals surface area contributed by atoms with Crippen molar-refractivity contribution < 1.29 is 9.53 Å². The molecule has 0 aliphatic heterocycles. The van der Waals surface area contributed by atoms with Gasteiger partial charge < -0.3 is 4.74 Å². The molecule has 0 aromatic rings. The lowest BCUT2D eigenvalue weighted by molar-refractivity contribution is 0.0738. The largest absolute Gasteiger partial charge is 0.462 e. The summed E-state index contributed by atoms with van der Waals surface area (Å²) in [5.41, 5.74) is 0.228. The molecule has 2 radical (unpaired) electrons. The van der Waals surface area contributed by atoms with Crippen LogP contribution in [0, 0.1) is 0 Å². The van der Waals surface area contributed by atoms with E-state index in [0.29, 0.717) is 19.4 Å². The van der Waals surface area contributed by atoms with Crippen LogP contribution in [0.3, 0.4) is 0 Å². The Bertz CT molecular complexity index is 222. The summed E-state index contributed by atoms with van der Waals surface area (Å²) < 4.78 is 5.16. The van der Waals surface area contributed by atoms with Crippen LogP contribution in [0.5, 0.6) is 0 Å². The number of ether oxygens (including phenoxy) is 1. The Hall–Kier alpha value is -0.795. The standard InChI is InChI=1S/C10H18BNO2/c1-5-10(6-2,14-9(11)13)8(4)12-7-3/h5-7H2,1-4H3. The number of hydrogen-bond donors (Lipinski definition) is 0. The fourth-order valence-electron chi connectivity index (χ4n) is 1.55. The maximum absolute atomic E-state index is 10.8. The van der Waals surface area contributed by atoms with Gasteiger partial charge >= 0.3 is 0 Å². The Balaban J connectivity index is 4.86. The second-order valence-electron chi connectivity index (χ2n) is 3.18. The van der Waals surface area contributed by atoms with Gasteiger partial charge in [-0.2, -0.15) is 0 Å². The Morgan fingerprint density at radius 2 is 1.86 bits per heavy atom. The monoisotopic (exact) mass is 195 g/mol. The molecular weight excluding hydrogens is 177 g/mol. The van der Waals surface area contributed by atoms with E-state index in [1.807, 2.05) is 27.7 Å². The molecule has 0 heterocycles. The highest BCUT2D eigenvalue weighted by atomic mass is 16.6. The van der Waals surface area contributed by atoms with E-state index in [1.54, 1.807) is 0 Å². The Morgan fingerprint density at radius 3 is 2.14 bits per heavy atom. The first-order valence-corrected chi connectivity index (χ1v) is 5.02. The van der Waals surface area contributed by atoms with Gasteiger partial charge in [0.1, 0.15) is 5.60 Å². The third-order valence-electron chi connectivity index (χ3n) is 2.49. The van der Waals surface area contributed by atoms with Crippen LogP contribution in [-0.2, 0) is 4.74 Å². The fourth-order valence-corrected chi connectivity index (χ4v) is 1.55. The predicted octanol–water partition coefficient (Wildman–Crippen LogP) is 2.33. The number of rotatable bonds is 5. The topological polar surface area (TPSA) is 38.7 Å². The molecule has 0 aliphatic rings. The molecular formula is C10H18BNO2. The van der Waals surface area contributed by atoms with Crippen molar-refractivity contribution in [3.8, 4) is 0 Å². The first-order valence-electron chi connectivity index (χ1n) is 5.02. The van der Waals surface area contributed by atoms with E-state index in [9.17, 15) is 4.79 Å². The quantitative estimate of drug-likeness (QED) is 0.498. The number of carbonyl (C=O) groups excluding carboxylic acids is 1. The van der Waals surface area contributed by atoms with Crippen LogP contribution in [0.2, 0.25) is 0 Å². The molecule has 0 saturated carbocycles. The van der Waals surface area contributed by atoms with Gasteiger partial charge in [0, 0.05) is 6.54 Å². The molecule has 4 heteroatoms. The van der Waals surface area contributed by atoms with Crippen LogP contribution in [0.25, 0.3) is 0 Å². The number of nitrogens with zero attached hydrogens (tertiary/aromatic N) is 1. The summed E-state index contributed by atoms with van der Waals surface area (Å²) in [6.07, 6.45) is 1.39. The van der Waals surface area contributed by atoms with Gasteiger partial charge in [-0.15, -0.1) is 0 Å². The SMILES string of the molecule is [B]C(=O)OC(CC)(CC)C(C)=NCC. The highest BCUT2D eigenvalue weighted by Crippen LogP contribution is 2.23. The van der Waals surface area contributed by atoms with Crippen molar-refractivity contribution in [1.29, 1.82) is 0 Å². The van der Waals surface area contributed by atoms with Crippen molar-refractivity contribution in [3.05, 3.63) is 0 Å². The zero-order valence-electron chi connectivity index (χ0n) is 9.46. The molecule has 0 aromatic carbocycles. The van der Waals surface area contributed by atoms with Crippen molar-refractivity contribution in [2.24, 2.45) is 4.99 Å². The van der Waals surface area contributed by atoms with E-state index in [2.05, 4.69) is 4.99 Å². The summed E-state index contributed by atoms with van der Waals surface area (Å²) >= 11 is 0. The number of hydrogen-bond acceptors (Lipinski definition) is 3. The minimum Gasteiger partial charge on any atom is -0.462 e. The van der Waals surface area contributed by atoms with E-state index >= 15 is 0 Å². The van der Waals surface area contributed by atoms with Gasteiger partial charge in [-0.3, -0.25) is 9.79 Å². The van der Waals surface area contributed by atoms with Gasteiger partial charge in [0.05, 0.1) is 5.71 Å². The van der Waals surface area contributed by atoms with E-state index in [4.69, 9.17) is 12.6 Å². The second kappa shape index (κ2) is 5.84. The first kappa shape index (κ1) is 13.2. The highest BCUT2D eigenvalue weighted by molar-refractivity contribution is 6.55. The summed E-state index contributed by atoms with van der Waals surface area (Å²) in [7, 11) is 5.05. The lowest BCUT2D eigenvalue weighted by Gasteiger charge is -2.31. The summed E-state index contributed by atoms with van der Waals surface area (Å²) in [6.45, 7) is 8.43. The van der Waals surface area contributed by atoms with E-state index in [1.165, 1.54) is 0 Å². The van der Waals surface area contributed by atoms with Crippen molar-refractivity contribution in [2.75, 3.05) is 6.54 Å². The van der Waals surface area contributed by atoms with Crippen molar-refractivity contribution in [2.45, 2.75) is 46.1 Å². The molecule has 0 aromatic heterocycles. The molecule has 0 bridgehead atoms. The summed E-state index contributed by atoms with van der Waals surface area (Å²) in [6, 6.07) is 0. The van der Waals surface area contributed by atoms with Crippen LogP contribution < -0.4 is 0 Å². The molecule has 0 aliphatic carbocycles. The molecule has 14 heavy (non-hydrogen) atoms. The number of aliphatic imine (C=N–C) groups is 1. The fraction of sp³-hybridized carbons (Fsp3) is 0.800. The average Bonchev–Trinajstić information content (AvgIpc) is 2.14. The van der Waals surface area contributed by atoms with E-state index < -0.39 is 11.5 Å². The third-order valence-corrected chi connectivity index (χ3v) is 2.49. The minimum atomic E-state index is -0.737. The summed E-state index contributed by atoms with van der Waals surface area (Å²) in [5, 5.41) is 0. The van der Waals surface area contributed by atoms with Crippen LogP contribution in [-0.4, -0.2) is 31.6 Å². The normalized spacial score (nSPS) is 12.7. The Morgan fingerprint density at radius 1 is 1.36 bits per heavy atom. The van der Waals surface area contributed by atoms with Gasteiger partial charge in [0.15, 0.2) is 0 Å². The van der Waals surface area contributed by atoms with Crippen molar-refractivity contribution >= 4 is 19.4 Å². The zero-order chi connectivity index (χ0) is 11.2. The molecule has 0 saturated heterocycles. The van der Waals surface area contributed by atoms with Gasteiger partial charge in [0.25, 0.3) is 0 Å². The maximum Gasteiger partial charge on any atom is 0.236 e. The van der Waals surface area contributed by atoms with Gasteiger partial charge in [-0.25, -0.2) is 0 Å². The molecule has 0 rings (SSSR count). The maximum atomic E-state index is 10.8. The average molecular weight is 195 g/mol. The van der Waals surface area contributed by atoms with Crippen LogP contribution in [0.1, 0.15) is 40.5 Å². The molecule has 0 fully saturated rings.